The standard InChI is InChI=1S/C13H18ClN/c1-10-8-11(2)13(12(14)9-10)15-6-4-3-5-7-15/h8-9H,3-7H2,1-2H3. The van der Waals surface area contributed by atoms with Crippen LogP contribution < -0.4 is 4.90 Å². The molecule has 1 heterocycles. The van der Waals surface area contributed by atoms with Crippen molar-refractivity contribution < 1.29 is 0 Å². The molecule has 2 rings (SSSR count). The molecule has 0 bridgehead atoms. The largest absolute Gasteiger partial charge is 0.370 e. The monoisotopic (exact) mass is 223 g/mol. The summed E-state index contributed by atoms with van der Waals surface area (Å²) in [4.78, 5) is 2.43. The zero-order chi connectivity index (χ0) is 10.8. The Bertz CT molecular complexity index is 331. The molecule has 1 saturated heterocycles. The summed E-state index contributed by atoms with van der Waals surface area (Å²) in [6.07, 6.45) is 3.95. The zero-order valence-corrected chi connectivity index (χ0v) is 10.3. The third-order valence-corrected chi connectivity index (χ3v) is 3.36. The Labute approximate surface area is 97.0 Å². The third kappa shape index (κ3) is 2.28. The second-order valence-corrected chi connectivity index (χ2v) is 4.87. The van der Waals surface area contributed by atoms with Gasteiger partial charge in [-0.15, -0.1) is 0 Å². The summed E-state index contributed by atoms with van der Waals surface area (Å²) in [7, 11) is 0. The zero-order valence-electron chi connectivity index (χ0n) is 9.52. The average molecular weight is 224 g/mol. The van der Waals surface area contributed by atoms with Crippen molar-refractivity contribution in [3.63, 3.8) is 0 Å². The van der Waals surface area contributed by atoms with E-state index in [0.29, 0.717) is 0 Å². The Morgan fingerprint density at radius 1 is 1.07 bits per heavy atom. The van der Waals surface area contributed by atoms with Crippen LogP contribution in [0.5, 0.6) is 0 Å². The molecule has 1 aromatic rings. The lowest BCUT2D eigenvalue weighted by atomic mass is 10.1. The van der Waals surface area contributed by atoms with E-state index in [1.165, 1.54) is 36.1 Å². The van der Waals surface area contributed by atoms with Gasteiger partial charge in [0.15, 0.2) is 0 Å². The number of piperidine rings is 1. The van der Waals surface area contributed by atoms with Gasteiger partial charge in [0.05, 0.1) is 10.7 Å². The van der Waals surface area contributed by atoms with Crippen molar-refractivity contribution in [2.45, 2.75) is 33.1 Å². The maximum absolute atomic E-state index is 6.33. The topological polar surface area (TPSA) is 3.24 Å². The quantitative estimate of drug-likeness (QED) is 0.697. The third-order valence-electron chi connectivity index (χ3n) is 3.07. The van der Waals surface area contributed by atoms with Gasteiger partial charge >= 0.3 is 0 Å². The van der Waals surface area contributed by atoms with Crippen LogP contribution in [0.1, 0.15) is 30.4 Å². The maximum atomic E-state index is 6.33. The molecule has 0 aromatic heterocycles. The molecule has 0 radical (unpaired) electrons. The second kappa shape index (κ2) is 4.44. The van der Waals surface area contributed by atoms with E-state index in [1.807, 2.05) is 0 Å². The minimum Gasteiger partial charge on any atom is -0.370 e. The van der Waals surface area contributed by atoms with Crippen LogP contribution in [0.4, 0.5) is 5.69 Å². The van der Waals surface area contributed by atoms with Gasteiger partial charge in [-0.1, -0.05) is 17.7 Å². The number of aryl methyl sites for hydroxylation is 2. The molecule has 0 atom stereocenters. The first-order valence-corrected chi connectivity index (χ1v) is 6.08. The molecular weight excluding hydrogens is 206 g/mol. The predicted octanol–water partition coefficient (Wildman–Crippen LogP) is 3.95. The molecule has 1 fully saturated rings. The lowest BCUT2D eigenvalue weighted by Crippen LogP contribution is -2.30. The fourth-order valence-corrected chi connectivity index (χ4v) is 2.87. The molecule has 0 N–H and O–H groups in total. The molecule has 82 valence electrons. The van der Waals surface area contributed by atoms with E-state index in [4.69, 9.17) is 11.6 Å². The van der Waals surface area contributed by atoms with Gasteiger partial charge in [-0.2, -0.15) is 0 Å². The lowest BCUT2D eigenvalue weighted by Gasteiger charge is -2.31. The summed E-state index contributed by atoms with van der Waals surface area (Å²) < 4.78 is 0. The second-order valence-electron chi connectivity index (χ2n) is 4.46. The smallest absolute Gasteiger partial charge is 0.0644 e. The van der Waals surface area contributed by atoms with Crippen LogP contribution in [0.25, 0.3) is 0 Å². The highest BCUT2D eigenvalue weighted by molar-refractivity contribution is 6.33. The summed E-state index contributed by atoms with van der Waals surface area (Å²) in [5.74, 6) is 0. The first kappa shape index (κ1) is 10.8. The Hall–Kier alpha value is -0.690. The van der Waals surface area contributed by atoms with Gasteiger partial charge in [0, 0.05) is 13.1 Å². The number of hydrogen-bond donors (Lipinski definition) is 0. The summed E-state index contributed by atoms with van der Waals surface area (Å²) in [6, 6.07) is 4.29. The van der Waals surface area contributed by atoms with Gasteiger partial charge in [-0.25, -0.2) is 0 Å². The van der Waals surface area contributed by atoms with E-state index in [-0.39, 0.29) is 0 Å². The van der Waals surface area contributed by atoms with Crippen molar-refractivity contribution in [1.29, 1.82) is 0 Å². The highest BCUT2D eigenvalue weighted by Gasteiger charge is 2.15. The van der Waals surface area contributed by atoms with Crippen molar-refractivity contribution in [2.24, 2.45) is 0 Å². The van der Waals surface area contributed by atoms with E-state index < -0.39 is 0 Å². The molecule has 0 amide bonds. The molecular formula is C13H18ClN. The molecule has 1 aliphatic heterocycles. The van der Waals surface area contributed by atoms with Crippen LogP contribution >= 0.6 is 11.6 Å². The minimum absolute atomic E-state index is 0.911. The van der Waals surface area contributed by atoms with E-state index >= 15 is 0 Å². The Morgan fingerprint density at radius 3 is 2.33 bits per heavy atom. The molecule has 0 aliphatic carbocycles. The Kier molecular flexibility index (Phi) is 3.20. The summed E-state index contributed by atoms with van der Waals surface area (Å²) in [5.41, 5.74) is 3.81. The number of hydrogen-bond acceptors (Lipinski definition) is 1. The number of nitrogens with zero attached hydrogens (tertiary/aromatic N) is 1. The van der Waals surface area contributed by atoms with Gasteiger partial charge in [0.1, 0.15) is 0 Å². The SMILES string of the molecule is Cc1cc(C)c(N2CCCCC2)c(Cl)c1. The number of benzene rings is 1. The molecule has 1 nitrogen and oxygen atoms in total. The molecule has 2 heteroatoms. The van der Waals surface area contributed by atoms with Gasteiger partial charge in [-0.05, 0) is 50.3 Å². The van der Waals surface area contributed by atoms with Crippen LogP contribution in [0.3, 0.4) is 0 Å². The lowest BCUT2D eigenvalue weighted by molar-refractivity contribution is 0.577. The van der Waals surface area contributed by atoms with Crippen LogP contribution in [-0.4, -0.2) is 13.1 Å². The van der Waals surface area contributed by atoms with Crippen molar-refractivity contribution in [1.82, 2.24) is 0 Å². The molecule has 15 heavy (non-hydrogen) atoms. The van der Waals surface area contributed by atoms with Gasteiger partial charge < -0.3 is 4.90 Å². The van der Waals surface area contributed by atoms with E-state index in [0.717, 1.165) is 18.1 Å². The highest BCUT2D eigenvalue weighted by atomic mass is 35.5. The highest BCUT2D eigenvalue weighted by Crippen LogP contribution is 2.32. The van der Waals surface area contributed by atoms with Crippen LogP contribution in [-0.2, 0) is 0 Å². The van der Waals surface area contributed by atoms with Gasteiger partial charge in [-0.3, -0.25) is 0 Å². The molecule has 1 aromatic carbocycles. The fourth-order valence-electron chi connectivity index (χ4n) is 2.43. The summed E-state index contributed by atoms with van der Waals surface area (Å²) >= 11 is 6.33. The average Bonchev–Trinajstić information content (AvgIpc) is 2.17. The van der Waals surface area contributed by atoms with E-state index in [1.54, 1.807) is 0 Å². The predicted molar refractivity (Wildman–Crippen MR) is 67.0 cm³/mol. The summed E-state index contributed by atoms with van der Waals surface area (Å²) in [5, 5.41) is 0.911. The van der Waals surface area contributed by atoms with Crippen molar-refractivity contribution in [3.05, 3.63) is 28.3 Å². The molecule has 0 spiro atoms. The van der Waals surface area contributed by atoms with E-state index in [2.05, 4.69) is 30.9 Å². The van der Waals surface area contributed by atoms with E-state index in [9.17, 15) is 0 Å². The Morgan fingerprint density at radius 2 is 1.73 bits per heavy atom. The normalized spacial score (nSPS) is 16.9. The van der Waals surface area contributed by atoms with Crippen LogP contribution in [0, 0.1) is 13.8 Å². The van der Waals surface area contributed by atoms with Crippen molar-refractivity contribution in [2.75, 3.05) is 18.0 Å². The first-order valence-electron chi connectivity index (χ1n) is 5.70. The first-order chi connectivity index (χ1) is 7.18. The van der Waals surface area contributed by atoms with Crippen molar-refractivity contribution in [3.8, 4) is 0 Å². The Balaban J connectivity index is 2.33. The summed E-state index contributed by atoms with van der Waals surface area (Å²) in [6.45, 7) is 6.56. The molecule has 0 unspecified atom stereocenters. The van der Waals surface area contributed by atoms with Crippen molar-refractivity contribution >= 4 is 17.3 Å². The number of halogens is 1. The van der Waals surface area contributed by atoms with Crippen LogP contribution in [0.2, 0.25) is 5.02 Å². The number of anilines is 1. The molecule has 1 aliphatic rings. The van der Waals surface area contributed by atoms with Gasteiger partial charge in [0.25, 0.3) is 0 Å². The maximum Gasteiger partial charge on any atom is 0.0644 e. The van der Waals surface area contributed by atoms with Gasteiger partial charge in [0.2, 0.25) is 0 Å². The van der Waals surface area contributed by atoms with Crippen LogP contribution in [0.15, 0.2) is 12.1 Å². The molecule has 0 saturated carbocycles. The fraction of sp³-hybridized carbons (Fsp3) is 0.538. The number of rotatable bonds is 1. The minimum atomic E-state index is 0.911.